The van der Waals surface area contributed by atoms with Crippen molar-refractivity contribution in [2.24, 2.45) is 0 Å². The van der Waals surface area contributed by atoms with Crippen LogP contribution in [0.3, 0.4) is 0 Å². The van der Waals surface area contributed by atoms with Gasteiger partial charge in [0.2, 0.25) is 12.7 Å². The molecule has 0 saturated heterocycles. The van der Waals surface area contributed by atoms with Crippen LogP contribution in [0.2, 0.25) is 0 Å². The Hall–Kier alpha value is -5.58. The van der Waals surface area contributed by atoms with Gasteiger partial charge in [0.15, 0.2) is 11.5 Å². The standard InChI is InChI=1S/C33H31N5O6/c1-21-8-10-22(11-9-21)18-37(31(39)19-38-27-7-5-4-6-25(27)35-36-38)32(23-12-15-28-30(16-23)44-20-43-28)33(40)34-26-14-13-24(41-2)17-29(26)42-3/h4-17,32H,18-20H2,1-3H3,(H,34,40)/t32-/m1/s1. The van der Waals surface area contributed by atoms with Gasteiger partial charge in [-0.15, -0.1) is 5.10 Å². The lowest BCUT2D eigenvalue weighted by Gasteiger charge is -2.32. The van der Waals surface area contributed by atoms with Gasteiger partial charge in [-0.3, -0.25) is 9.59 Å². The zero-order chi connectivity index (χ0) is 30.6. The number of amides is 2. The fourth-order valence-electron chi connectivity index (χ4n) is 5.13. The fraction of sp³-hybridized carbons (Fsp3) is 0.212. The van der Waals surface area contributed by atoms with Gasteiger partial charge in [-0.2, -0.15) is 0 Å². The minimum Gasteiger partial charge on any atom is -0.497 e. The third kappa shape index (κ3) is 5.84. The summed E-state index contributed by atoms with van der Waals surface area (Å²) in [6.45, 7) is 2.09. The van der Waals surface area contributed by atoms with E-state index in [4.69, 9.17) is 18.9 Å². The first-order valence-corrected chi connectivity index (χ1v) is 14.0. The van der Waals surface area contributed by atoms with Crippen LogP contribution >= 0.6 is 0 Å². The second-order valence-electron chi connectivity index (χ2n) is 10.3. The van der Waals surface area contributed by atoms with E-state index in [9.17, 15) is 9.59 Å². The van der Waals surface area contributed by atoms with E-state index in [0.717, 1.165) is 11.1 Å². The highest BCUT2D eigenvalue weighted by molar-refractivity contribution is 5.99. The molecule has 1 N–H and O–H groups in total. The lowest BCUT2D eigenvalue weighted by atomic mass is 10.0. The minimum absolute atomic E-state index is 0.0735. The number of carbonyl (C=O) groups is 2. The van der Waals surface area contributed by atoms with E-state index in [1.807, 2.05) is 55.5 Å². The van der Waals surface area contributed by atoms with E-state index in [1.54, 1.807) is 53.1 Å². The number of hydrogen-bond acceptors (Lipinski definition) is 8. The third-order valence-electron chi connectivity index (χ3n) is 7.44. The topological polar surface area (TPSA) is 117 Å². The molecule has 1 atom stereocenters. The van der Waals surface area contributed by atoms with Crippen LogP contribution < -0.4 is 24.3 Å². The smallest absolute Gasteiger partial charge is 0.251 e. The molecule has 1 aliphatic heterocycles. The predicted molar refractivity (Wildman–Crippen MR) is 163 cm³/mol. The quantitative estimate of drug-likeness (QED) is 0.243. The fourth-order valence-corrected chi connectivity index (χ4v) is 5.13. The Bertz CT molecular complexity index is 1820. The van der Waals surface area contributed by atoms with Gasteiger partial charge >= 0.3 is 0 Å². The maximum Gasteiger partial charge on any atom is 0.251 e. The molecule has 5 aromatic rings. The van der Waals surface area contributed by atoms with Crippen molar-refractivity contribution in [1.82, 2.24) is 19.9 Å². The van der Waals surface area contributed by atoms with Crippen LogP contribution in [0.5, 0.6) is 23.0 Å². The Morgan fingerprint density at radius 1 is 0.955 bits per heavy atom. The Kier molecular flexibility index (Phi) is 8.00. The Balaban J connectivity index is 1.42. The zero-order valence-corrected chi connectivity index (χ0v) is 24.5. The van der Waals surface area contributed by atoms with Crippen LogP contribution in [0.4, 0.5) is 5.69 Å². The molecule has 44 heavy (non-hydrogen) atoms. The number of aromatic nitrogens is 3. The molecular weight excluding hydrogens is 562 g/mol. The highest BCUT2D eigenvalue weighted by Gasteiger charge is 2.34. The summed E-state index contributed by atoms with van der Waals surface area (Å²) in [6, 6.07) is 24.5. The Morgan fingerprint density at radius 3 is 2.55 bits per heavy atom. The number of benzene rings is 4. The van der Waals surface area contributed by atoms with Gasteiger partial charge in [0.05, 0.1) is 25.4 Å². The number of ether oxygens (including phenoxy) is 4. The second kappa shape index (κ2) is 12.3. The number of nitrogens with one attached hydrogen (secondary N) is 1. The molecule has 0 spiro atoms. The number of aryl methyl sites for hydroxylation is 1. The molecular formula is C33H31N5O6. The molecule has 0 unspecified atom stereocenters. The maximum absolute atomic E-state index is 14.3. The summed E-state index contributed by atoms with van der Waals surface area (Å²) in [5, 5.41) is 11.4. The molecule has 11 nitrogen and oxygen atoms in total. The van der Waals surface area contributed by atoms with E-state index >= 15 is 0 Å². The number of hydrogen-bond donors (Lipinski definition) is 1. The van der Waals surface area contributed by atoms with Crippen LogP contribution in [0.15, 0.2) is 84.9 Å². The average Bonchev–Trinajstić information content (AvgIpc) is 3.68. The zero-order valence-electron chi connectivity index (χ0n) is 24.5. The number of fused-ring (bicyclic) bond motifs is 2. The van der Waals surface area contributed by atoms with Crippen LogP contribution in [-0.2, 0) is 22.7 Å². The molecule has 0 bridgehead atoms. The molecule has 6 rings (SSSR count). The van der Waals surface area contributed by atoms with Gasteiger partial charge < -0.3 is 29.2 Å². The van der Waals surface area contributed by atoms with Crippen molar-refractivity contribution in [3.05, 3.63) is 102 Å². The number of anilines is 1. The minimum atomic E-state index is -1.07. The molecule has 2 heterocycles. The molecule has 1 aromatic heterocycles. The summed E-state index contributed by atoms with van der Waals surface area (Å²) < 4.78 is 23.5. The summed E-state index contributed by atoms with van der Waals surface area (Å²) in [7, 11) is 3.06. The van der Waals surface area contributed by atoms with E-state index < -0.39 is 11.9 Å². The van der Waals surface area contributed by atoms with Crippen molar-refractivity contribution in [3.63, 3.8) is 0 Å². The third-order valence-corrected chi connectivity index (χ3v) is 7.44. The molecule has 0 fully saturated rings. The van der Waals surface area contributed by atoms with Gasteiger partial charge in [-0.1, -0.05) is 53.2 Å². The van der Waals surface area contributed by atoms with Crippen molar-refractivity contribution < 1.29 is 28.5 Å². The number of rotatable bonds is 10. The van der Waals surface area contributed by atoms with Crippen LogP contribution in [-0.4, -0.2) is 52.7 Å². The molecule has 1 aliphatic rings. The van der Waals surface area contributed by atoms with Gasteiger partial charge in [0, 0.05) is 12.6 Å². The first-order valence-electron chi connectivity index (χ1n) is 14.0. The van der Waals surface area contributed by atoms with Gasteiger partial charge in [-0.05, 0) is 54.4 Å². The summed E-state index contributed by atoms with van der Waals surface area (Å²) in [5.41, 5.74) is 4.28. The summed E-state index contributed by atoms with van der Waals surface area (Å²) in [6.07, 6.45) is 0. The van der Waals surface area contributed by atoms with Crippen molar-refractivity contribution >= 4 is 28.5 Å². The number of methoxy groups -OCH3 is 2. The summed E-state index contributed by atoms with van der Waals surface area (Å²) in [5.74, 6) is 1.26. The van der Waals surface area contributed by atoms with E-state index in [1.165, 1.54) is 7.11 Å². The molecule has 4 aromatic carbocycles. The average molecular weight is 594 g/mol. The van der Waals surface area contributed by atoms with Gasteiger partial charge in [-0.25, -0.2) is 4.68 Å². The SMILES string of the molecule is COc1ccc(NC(=O)[C@@H](c2ccc3c(c2)OCO3)N(Cc2ccc(C)cc2)C(=O)Cn2nnc3ccccc32)c(OC)c1. The molecule has 2 amide bonds. The number of para-hydroxylation sites is 1. The Labute approximate surface area is 253 Å². The monoisotopic (exact) mass is 593 g/mol. The number of carbonyl (C=O) groups excluding carboxylic acids is 2. The maximum atomic E-state index is 14.3. The molecule has 0 aliphatic carbocycles. The van der Waals surface area contributed by atoms with Gasteiger partial charge in [0.1, 0.15) is 29.6 Å². The van der Waals surface area contributed by atoms with E-state index in [2.05, 4.69) is 15.6 Å². The number of nitrogens with zero attached hydrogens (tertiary/aromatic N) is 4. The lowest BCUT2D eigenvalue weighted by molar-refractivity contribution is -0.140. The first-order chi connectivity index (χ1) is 21.4. The molecule has 11 heteroatoms. The van der Waals surface area contributed by atoms with Crippen molar-refractivity contribution in [3.8, 4) is 23.0 Å². The first kappa shape index (κ1) is 28.5. The van der Waals surface area contributed by atoms with Crippen LogP contribution in [0.25, 0.3) is 11.0 Å². The summed E-state index contributed by atoms with van der Waals surface area (Å²) >= 11 is 0. The van der Waals surface area contributed by atoms with E-state index in [-0.39, 0.29) is 25.8 Å². The summed E-state index contributed by atoms with van der Waals surface area (Å²) in [4.78, 5) is 30.2. The predicted octanol–water partition coefficient (Wildman–Crippen LogP) is 4.89. The van der Waals surface area contributed by atoms with Crippen molar-refractivity contribution in [1.29, 1.82) is 0 Å². The lowest BCUT2D eigenvalue weighted by Crippen LogP contribution is -2.42. The van der Waals surface area contributed by atoms with E-state index in [0.29, 0.717) is 45.3 Å². The van der Waals surface area contributed by atoms with Crippen LogP contribution in [0.1, 0.15) is 22.7 Å². The highest BCUT2D eigenvalue weighted by atomic mass is 16.7. The Morgan fingerprint density at radius 2 is 1.75 bits per heavy atom. The normalized spacial score (nSPS) is 12.5. The van der Waals surface area contributed by atoms with Crippen LogP contribution in [0, 0.1) is 6.92 Å². The second-order valence-corrected chi connectivity index (χ2v) is 10.3. The van der Waals surface area contributed by atoms with Gasteiger partial charge in [0.25, 0.3) is 5.91 Å². The highest BCUT2D eigenvalue weighted by Crippen LogP contribution is 2.37. The molecule has 0 radical (unpaired) electrons. The van der Waals surface area contributed by atoms with Crippen molar-refractivity contribution in [2.45, 2.75) is 26.1 Å². The molecule has 0 saturated carbocycles. The largest absolute Gasteiger partial charge is 0.497 e. The molecule has 224 valence electrons. The van der Waals surface area contributed by atoms with Crippen molar-refractivity contribution in [2.75, 3.05) is 26.3 Å².